The monoisotopic (exact) mass is 622 g/mol. The average molecular weight is 623 g/mol. The third-order valence-electron chi connectivity index (χ3n) is 6.19. The van der Waals surface area contributed by atoms with E-state index in [1.165, 1.54) is 24.3 Å². The van der Waals surface area contributed by atoms with Crippen molar-refractivity contribution in [2.24, 2.45) is 0 Å². The molecule has 2 rings (SSSR count). The maximum Gasteiger partial charge on any atom is 0.354 e. The van der Waals surface area contributed by atoms with Crippen LogP contribution in [0.3, 0.4) is 0 Å². The SMILES string of the molecule is CCCSCCCOCCN(CCOCCOCCN(CCO)Cc1cccc(C(=O)O)n1)Cc1cccc(C(=O)O)n1. The lowest BCUT2D eigenvalue weighted by atomic mass is 10.3. The molecule has 13 heteroatoms. The summed E-state index contributed by atoms with van der Waals surface area (Å²) in [5.41, 5.74) is 1.30. The van der Waals surface area contributed by atoms with Crippen molar-refractivity contribution in [2.75, 3.05) is 83.9 Å². The summed E-state index contributed by atoms with van der Waals surface area (Å²) in [7, 11) is 0. The van der Waals surface area contributed by atoms with Gasteiger partial charge in [0, 0.05) is 45.9 Å². The average Bonchev–Trinajstić information content (AvgIpc) is 2.99. The zero-order chi connectivity index (χ0) is 31.1. The zero-order valence-corrected chi connectivity index (χ0v) is 25.9. The minimum atomic E-state index is -1.08. The van der Waals surface area contributed by atoms with Gasteiger partial charge in [-0.3, -0.25) is 9.80 Å². The van der Waals surface area contributed by atoms with Crippen molar-refractivity contribution in [1.29, 1.82) is 0 Å². The number of carboxylic acids is 2. The maximum absolute atomic E-state index is 11.3. The molecule has 0 saturated carbocycles. The number of pyridine rings is 2. The zero-order valence-electron chi connectivity index (χ0n) is 25.1. The third-order valence-corrected chi connectivity index (χ3v) is 7.47. The molecule has 0 aliphatic carbocycles. The van der Waals surface area contributed by atoms with Crippen LogP contribution in [0, 0.1) is 0 Å². The van der Waals surface area contributed by atoms with Crippen LogP contribution in [-0.4, -0.2) is 131 Å². The van der Waals surface area contributed by atoms with Crippen LogP contribution in [0.2, 0.25) is 0 Å². The molecule has 2 heterocycles. The molecule has 0 bridgehead atoms. The highest BCUT2D eigenvalue weighted by atomic mass is 32.2. The minimum absolute atomic E-state index is 0.0111. The van der Waals surface area contributed by atoms with Crippen LogP contribution < -0.4 is 0 Å². The van der Waals surface area contributed by atoms with Gasteiger partial charge in [0.05, 0.1) is 51.0 Å². The molecule has 240 valence electrons. The summed E-state index contributed by atoms with van der Waals surface area (Å²) in [5.74, 6) is 0.138. The second-order valence-electron chi connectivity index (χ2n) is 9.72. The predicted molar refractivity (Wildman–Crippen MR) is 165 cm³/mol. The maximum atomic E-state index is 11.3. The number of carboxylic acid groups (broad SMARTS) is 2. The van der Waals surface area contributed by atoms with Crippen molar-refractivity contribution < 1.29 is 39.1 Å². The van der Waals surface area contributed by atoms with E-state index in [4.69, 9.17) is 19.3 Å². The molecular formula is C30H46N4O8S. The Bertz CT molecular complexity index is 1060. The van der Waals surface area contributed by atoms with Gasteiger partial charge in [0.15, 0.2) is 0 Å². The van der Waals surface area contributed by atoms with Gasteiger partial charge in [-0.25, -0.2) is 19.6 Å². The molecule has 0 saturated heterocycles. The van der Waals surface area contributed by atoms with Crippen LogP contribution in [0.25, 0.3) is 0 Å². The first-order valence-electron chi connectivity index (χ1n) is 14.7. The van der Waals surface area contributed by atoms with Crippen molar-refractivity contribution in [2.45, 2.75) is 32.9 Å². The summed E-state index contributed by atoms with van der Waals surface area (Å²) in [6.45, 7) is 8.30. The fourth-order valence-electron chi connectivity index (χ4n) is 4.03. The first-order valence-corrected chi connectivity index (χ1v) is 15.8. The van der Waals surface area contributed by atoms with Crippen molar-refractivity contribution >= 4 is 23.7 Å². The van der Waals surface area contributed by atoms with Crippen molar-refractivity contribution in [1.82, 2.24) is 19.8 Å². The van der Waals surface area contributed by atoms with E-state index in [0.29, 0.717) is 90.3 Å². The number of aromatic carboxylic acids is 2. The van der Waals surface area contributed by atoms with E-state index in [9.17, 15) is 19.8 Å². The molecule has 0 atom stereocenters. The molecule has 2 aromatic rings. The first-order chi connectivity index (χ1) is 20.9. The molecule has 0 fully saturated rings. The standard InChI is InChI=1S/C30H46N4O8S/c1-2-21-43-22-5-15-40-16-12-34(24-26-7-4-9-28(32-26)30(38)39)13-18-42-20-19-41-17-11-33(10-14-35)23-25-6-3-8-27(31-25)29(36)37/h3-4,6-9,35H,2,5,10-24H2,1H3,(H,36,37)(H,38,39). The van der Waals surface area contributed by atoms with E-state index < -0.39 is 11.9 Å². The van der Waals surface area contributed by atoms with Gasteiger partial charge in [-0.1, -0.05) is 19.1 Å². The van der Waals surface area contributed by atoms with E-state index in [1.807, 2.05) is 22.7 Å². The van der Waals surface area contributed by atoms with E-state index in [0.717, 1.165) is 12.2 Å². The lowest BCUT2D eigenvalue weighted by Crippen LogP contribution is -2.32. The Hall–Kier alpha value is -2.65. The second-order valence-corrected chi connectivity index (χ2v) is 10.9. The topological polar surface area (TPSA) is 155 Å². The van der Waals surface area contributed by atoms with E-state index >= 15 is 0 Å². The molecule has 0 aliphatic heterocycles. The van der Waals surface area contributed by atoms with E-state index in [1.54, 1.807) is 18.2 Å². The lowest BCUT2D eigenvalue weighted by Gasteiger charge is -2.22. The summed E-state index contributed by atoms with van der Waals surface area (Å²) in [6, 6.07) is 9.86. The van der Waals surface area contributed by atoms with Gasteiger partial charge in [0.1, 0.15) is 11.4 Å². The van der Waals surface area contributed by atoms with Crippen molar-refractivity contribution in [3.8, 4) is 0 Å². The Morgan fingerprint density at radius 3 is 1.67 bits per heavy atom. The van der Waals surface area contributed by atoms with E-state index in [2.05, 4.69) is 21.8 Å². The summed E-state index contributed by atoms with van der Waals surface area (Å²) in [5, 5.41) is 27.8. The number of ether oxygens (including phenoxy) is 3. The molecule has 12 nitrogen and oxygen atoms in total. The smallest absolute Gasteiger partial charge is 0.354 e. The van der Waals surface area contributed by atoms with Crippen LogP contribution in [0.15, 0.2) is 36.4 Å². The second kappa shape index (κ2) is 22.8. The summed E-state index contributed by atoms with van der Waals surface area (Å²) < 4.78 is 17.3. The largest absolute Gasteiger partial charge is 0.477 e. The quantitative estimate of drug-likeness (QED) is 0.132. The number of hydrogen-bond acceptors (Lipinski definition) is 11. The van der Waals surface area contributed by atoms with Gasteiger partial charge < -0.3 is 29.5 Å². The molecule has 0 aliphatic rings. The normalized spacial score (nSPS) is 11.4. The molecule has 3 N–H and O–H groups in total. The highest BCUT2D eigenvalue weighted by molar-refractivity contribution is 7.99. The third kappa shape index (κ3) is 16.7. The Labute approximate surface area is 258 Å². The number of nitrogens with zero attached hydrogens (tertiary/aromatic N) is 4. The molecule has 43 heavy (non-hydrogen) atoms. The number of carbonyl (C=O) groups is 2. The van der Waals surface area contributed by atoms with Crippen LogP contribution in [0.5, 0.6) is 0 Å². The molecule has 2 aromatic heterocycles. The number of aromatic nitrogens is 2. The lowest BCUT2D eigenvalue weighted by molar-refractivity contribution is 0.0244. The molecule has 0 aromatic carbocycles. The highest BCUT2D eigenvalue weighted by Gasteiger charge is 2.12. The van der Waals surface area contributed by atoms with Gasteiger partial charge in [0.25, 0.3) is 0 Å². The number of rotatable bonds is 26. The summed E-state index contributed by atoms with van der Waals surface area (Å²) >= 11 is 1.94. The molecule has 0 radical (unpaired) electrons. The van der Waals surface area contributed by atoms with Crippen LogP contribution >= 0.6 is 11.8 Å². The van der Waals surface area contributed by atoms with Gasteiger partial charge in [-0.05, 0) is 48.6 Å². The predicted octanol–water partition coefficient (Wildman–Crippen LogP) is 2.75. The van der Waals surface area contributed by atoms with Gasteiger partial charge in [-0.15, -0.1) is 0 Å². The van der Waals surface area contributed by atoms with Crippen LogP contribution in [0.4, 0.5) is 0 Å². The molecule has 0 spiro atoms. The fourth-order valence-corrected chi connectivity index (χ4v) is 4.84. The number of aliphatic hydroxyl groups is 1. The van der Waals surface area contributed by atoms with Crippen molar-refractivity contribution in [3.05, 3.63) is 59.2 Å². The van der Waals surface area contributed by atoms with Crippen LogP contribution in [-0.2, 0) is 27.3 Å². The Balaban J connectivity index is 1.70. The molecule has 0 amide bonds. The Morgan fingerprint density at radius 2 is 1.21 bits per heavy atom. The Morgan fingerprint density at radius 1 is 0.721 bits per heavy atom. The molecule has 0 unspecified atom stereocenters. The minimum Gasteiger partial charge on any atom is -0.477 e. The summed E-state index contributed by atoms with van der Waals surface area (Å²) in [6.07, 6.45) is 2.20. The van der Waals surface area contributed by atoms with Crippen LogP contribution in [0.1, 0.15) is 52.1 Å². The van der Waals surface area contributed by atoms with Crippen molar-refractivity contribution in [3.63, 3.8) is 0 Å². The van der Waals surface area contributed by atoms with Gasteiger partial charge >= 0.3 is 11.9 Å². The Kier molecular flexibility index (Phi) is 19.4. The van der Waals surface area contributed by atoms with E-state index in [-0.39, 0.29) is 18.0 Å². The fraction of sp³-hybridized carbons (Fsp3) is 0.600. The first kappa shape index (κ1) is 36.5. The number of thioether (sulfide) groups is 1. The highest BCUT2D eigenvalue weighted by Crippen LogP contribution is 2.07. The van der Waals surface area contributed by atoms with Gasteiger partial charge in [0.2, 0.25) is 0 Å². The summed E-state index contributed by atoms with van der Waals surface area (Å²) in [4.78, 5) is 35.0. The van der Waals surface area contributed by atoms with Gasteiger partial charge in [-0.2, -0.15) is 11.8 Å². The number of hydrogen-bond donors (Lipinski definition) is 3. The molecular weight excluding hydrogens is 576 g/mol. The number of aliphatic hydroxyl groups excluding tert-OH is 1.